The molecule has 0 saturated heterocycles. The third-order valence-corrected chi connectivity index (χ3v) is 4.64. The number of hydrogen-bond acceptors (Lipinski definition) is 3. The molecule has 0 spiro atoms. The Morgan fingerprint density at radius 1 is 1.39 bits per heavy atom. The van der Waals surface area contributed by atoms with E-state index in [2.05, 4.69) is 32.6 Å². The lowest BCUT2D eigenvalue weighted by molar-refractivity contribution is -0.0460. The molecule has 0 atom stereocenters. The summed E-state index contributed by atoms with van der Waals surface area (Å²) >= 11 is 2.06. The highest BCUT2D eigenvalue weighted by Crippen LogP contribution is 2.40. The highest BCUT2D eigenvalue weighted by atomic mass is 127. The van der Waals surface area contributed by atoms with Crippen LogP contribution in [0, 0.1) is 3.57 Å². The lowest BCUT2D eigenvalue weighted by Crippen LogP contribution is -2.33. The highest BCUT2D eigenvalue weighted by Gasteiger charge is 2.39. The average Bonchev–Trinajstić information content (AvgIpc) is 2.82. The lowest BCUT2D eigenvalue weighted by Gasteiger charge is -2.28. The fraction of sp³-hybridized carbons (Fsp3) is 0.692. The molecule has 0 unspecified atom stereocenters. The summed E-state index contributed by atoms with van der Waals surface area (Å²) in [4.78, 5) is 19.5. The van der Waals surface area contributed by atoms with Gasteiger partial charge < -0.3 is 9.72 Å². The van der Waals surface area contributed by atoms with Crippen molar-refractivity contribution in [3.8, 4) is 0 Å². The van der Waals surface area contributed by atoms with E-state index in [4.69, 9.17) is 4.74 Å². The number of aryl methyl sites for hydroxylation is 1. The maximum Gasteiger partial charge on any atom is 0.264 e. The Labute approximate surface area is 121 Å². The summed E-state index contributed by atoms with van der Waals surface area (Å²) in [5.41, 5.74) is 0.478. The van der Waals surface area contributed by atoms with Crippen LogP contribution in [-0.2, 0) is 16.8 Å². The van der Waals surface area contributed by atoms with Gasteiger partial charge in [0.15, 0.2) is 0 Å². The van der Waals surface area contributed by atoms with Crippen LogP contribution in [0.25, 0.3) is 0 Å². The van der Waals surface area contributed by atoms with Gasteiger partial charge in [-0.25, -0.2) is 4.98 Å². The Morgan fingerprint density at radius 3 is 2.61 bits per heavy atom. The minimum absolute atomic E-state index is 0.0385. The molecule has 1 heterocycles. The maximum absolute atomic E-state index is 12.0. The van der Waals surface area contributed by atoms with Gasteiger partial charge in [0.05, 0.1) is 9.26 Å². The summed E-state index contributed by atoms with van der Waals surface area (Å²) in [6.07, 6.45) is 4.95. The Kier molecular flexibility index (Phi) is 4.42. The van der Waals surface area contributed by atoms with Gasteiger partial charge in [-0.1, -0.05) is 6.92 Å². The molecule has 100 valence electrons. The zero-order valence-electron chi connectivity index (χ0n) is 10.9. The van der Waals surface area contributed by atoms with Gasteiger partial charge in [0, 0.05) is 6.61 Å². The molecule has 2 rings (SSSR count). The van der Waals surface area contributed by atoms with Crippen molar-refractivity contribution >= 4 is 22.6 Å². The molecule has 1 aliphatic carbocycles. The monoisotopic (exact) mass is 362 g/mol. The summed E-state index contributed by atoms with van der Waals surface area (Å²) in [5, 5.41) is 0. The number of H-pyrrole nitrogens is 1. The first-order valence-electron chi connectivity index (χ1n) is 6.56. The summed E-state index contributed by atoms with van der Waals surface area (Å²) in [7, 11) is 0. The van der Waals surface area contributed by atoms with Gasteiger partial charge in [-0.3, -0.25) is 4.79 Å². The molecule has 0 aliphatic heterocycles. The van der Waals surface area contributed by atoms with Crippen LogP contribution in [0.15, 0.2) is 4.79 Å². The molecule has 1 aliphatic rings. The van der Waals surface area contributed by atoms with Crippen LogP contribution < -0.4 is 5.56 Å². The van der Waals surface area contributed by atoms with E-state index in [9.17, 15) is 4.79 Å². The molecule has 0 aromatic carbocycles. The number of nitrogens with zero attached hydrogens (tertiary/aromatic N) is 1. The SMILES string of the molecule is CCOC1(c2nc(CC)c(I)c(=O)[nH]2)CCCC1. The number of hydrogen-bond donors (Lipinski definition) is 1. The summed E-state index contributed by atoms with van der Waals surface area (Å²) in [6.45, 7) is 4.67. The largest absolute Gasteiger partial charge is 0.367 e. The van der Waals surface area contributed by atoms with E-state index in [-0.39, 0.29) is 11.2 Å². The molecule has 18 heavy (non-hydrogen) atoms. The molecule has 4 nitrogen and oxygen atoms in total. The Balaban J connectivity index is 2.48. The first-order chi connectivity index (χ1) is 8.63. The molecule has 1 aromatic heterocycles. The van der Waals surface area contributed by atoms with Crippen molar-refractivity contribution in [2.75, 3.05) is 6.61 Å². The van der Waals surface area contributed by atoms with Crippen LogP contribution in [0.2, 0.25) is 0 Å². The van der Waals surface area contributed by atoms with E-state index in [1.54, 1.807) is 0 Å². The molecule has 0 bridgehead atoms. The lowest BCUT2D eigenvalue weighted by atomic mass is 10.0. The average molecular weight is 362 g/mol. The number of halogens is 1. The number of ether oxygens (including phenoxy) is 1. The first-order valence-corrected chi connectivity index (χ1v) is 7.64. The van der Waals surface area contributed by atoms with E-state index in [0.29, 0.717) is 10.2 Å². The van der Waals surface area contributed by atoms with Crippen molar-refractivity contribution in [1.82, 2.24) is 9.97 Å². The first kappa shape index (κ1) is 14.0. The van der Waals surface area contributed by atoms with E-state index < -0.39 is 0 Å². The van der Waals surface area contributed by atoms with Crippen molar-refractivity contribution < 1.29 is 4.74 Å². The van der Waals surface area contributed by atoms with Crippen LogP contribution in [0.3, 0.4) is 0 Å². The van der Waals surface area contributed by atoms with Crippen molar-refractivity contribution in [3.63, 3.8) is 0 Å². The number of rotatable bonds is 4. The number of nitrogens with one attached hydrogen (secondary N) is 1. The minimum atomic E-state index is -0.359. The molecule has 1 N–H and O–H groups in total. The molecule has 1 fully saturated rings. The van der Waals surface area contributed by atoms with Crippen LogP contribution in [0.5, 0.6) is 0 Å². The topological polar surface area (TPSA) is 55.0 Å². The zero-order chi connectivity index (χ0) is 13.2. The molecule has 1 saturated carbocycles. The van der Waals surface area contributed by atoms with Crippen LogP contribution >= 0.6 is 22.6 Å². The Hall–Kier alpha value is -0.430. The van der Waals surface area contributed by atoms with E-state index in [1.165, 1.54) is 0 Å². The quantitative estimate of drug-likeness (QED) is 0.838. The molecular formula is C13H19IN2O2. The van der Waals surface area contributed by atoms with E-state index in [0.717, 1.165) is 43.6 Å². The third-order valence-electron chi connectivity index (χ3n) is 3.53. The Morgan fingerprint density at radius 2 is 2.06 bits per heavy atom. The fourth-order valence-electron chi connectivity index (χ4n) is 2.63. The highest BCUT2D eigenvalue weighted by molar-refractivity contribution is 14.1. The summed E-state index contributed by atoms with van der Waals surface area (Å²) < 4.78 is 6.63. The smallest absolute Gasteiger partial charge is 0.264 e. The fourth-order valence-corrected chi connectivity index (χ4v) is 3.26. The summed E-state index contributed by atoms with van der Waals surface area (Å²) in [6, 6.07) is 0. The van der Waals surface area contributed by atoms with Gasteiger partial charge in [0.1, 0.15) is 11.4 Å². The minimum Gasteiger partial charge on any atom is -0.367 e. The number of aromatic nitrogens is 2. The van der Waals surface area contributed by atoms with Gasteiger partial charge in [0.2, 0.25) is 0 Å². The van der Waals surface area contributed by atoms with Crippen molar-refractivity contribution in [3.05, 3.63) is 25.4 Å². The zero-order valence-corrected chi connectivity index (χ0v) is 13.0. The normalized spacial score (nSPS) is 18.2. The van der Waals surface area contributed by atoms with Gasteiger partial charge in [-0.15, -0.1) is 0 Å². The van der Waals surface area contributed by atoms with Crippen molar-refractivity contribution in [2.24, 2.45) is 0 Å². The standard InChI is InChI=1S/C13H19IN2O2/c1-3-9-10(14)11(17)16-12(15-9)13(18-4-2)7-5-6-8-13/h3-8H2,1-2H3,(H,15,16,17). The van der Waals surface area contributed by atoms with E-state index in [1.807, 2.05) is 13.8 Å². The molecule has 0 amide bonds. The van der Waals surface area contributed by atoms with Gasteiger partial charge >= 0.3 is 0 Å². The van der Waals surface area contributed by atoms with Gasteiger partial charge in [0.25, 0.3) is 5.56 Å². The van der Waals surface area contributed by atoms with Crippen molar-refractivity contribution in [1.29, 1.82) is 0 Å². The second-order valence-corrected chi connectivity index (χ2v) is 5.74. The molecule has 0 radical (unpaired) electrons. The van der Waals surface area contributed by atoms with Crippen LogP contribution in [0.1, 0.15) is 51.0 Å². The molecule has 1 aromatic rings. The third kappa shape index (κ3) is 2.47. The number of aromatic amines is 1. The predicted molar refractivity (Wildman–Crippen MR) is 78.7 cm³/mol. The molecular weight excluding hydrogens is 343 g/mol. The van der Waals surface area contributed by atoms with Crippen LogP contribution in [-0.4, -0.2) is 16.6 Å². The second-order valence-electron chi connectivity index (χ2n) is 4.66. The van der Waals surface area contributed by atoms with Crippen LogP contribution in [0.4, 0.5) is 0 Å². The Bertz CT molecular complexity index is 478. The summed E-state index contributed by atoms with van der Waals surface area (Å²) in [5.74, 6) is 0.726. The van der Waals surface area contributed by atoms with Gasteiger partial charge in [-0.2, -0.15) is 0 Å². The maximum atomic E-state index is 12.0. The molecule has 5 heteroatoms. The van der Waals surface area contributed by atoms with E-state index >= 15 is 0 Å². The predicted octanol–water partition coefficient (Wildman–Crippen LogP) is 2.74. The van der Waals surface area contributed by atoms with Crippen molar-refractivity contribution in [2.45, 2.75) is 51.6 Å². The van der Waals surface area contributed by atoms with Gasteiger partial charge in [-0.05, 0) is 61.6 Å². The second kappa shape index (κ2) is 5.69.